The number of carbonyl (C=O) groups excluding carboxylic acids is 1. The van der Waals surface area contributed by atoms with Gasteiger partial charge in [-0.15, -0.1) is 0 Å². The minimum atomic E-state index is -0.745. The first kappa shape index (κ1) is 11.7. The Bertz CT molecular complexity index is 410. The Balaban J connectivity index is 1.78. The van der Waals surface area contributed by atoms with E-state index in [-0.39, 0.29) is 0 Å². The molecule has 90 valence electrons. The Morgan fingerprint density at radius 3 is 2.76 bits per heavy atom. The Morgan fingerprint density at radius 2 is 2.18 bits per heavy atom. The average Bonchev–Trinajstić information content (AvgIpc) is 2.28. The first-order valence-electron chi connectivity index (χ1n) is 5.53. The third kappa shape index (κ3) is 3.32. The van der Waals surface area contributed by atoms with Crippen molar-refractivity contribution in [3.8, 4) is 0 Å². The minimum absolute atomic E-state index is 0.501. The monoisotopic (exact) mass is 233 g/mol. The van der Waals surface area contributed by atoms with E-state index in [2.05, 4.69) is 5.32 Å². The molecule has 1 aliphatic heterocycles. The van der Waals surface area contributed by atoms with Gasteiger partial charge in [0.25, 0.3) is 0 Å². The summed E-state index contributed by atoms with van der Waals surface area (Å²) in [5, 5.41) is 2.53. The second kappa shape index (κ2) is 5.01. The highest BCUT2D eigenvalue weighted by atomic mass is 16.7. The van der Waals surface area contributed by atoms with Gasteiger partial charge in [-0.05, 0) is 11.6 Å². The van der Waals surface area contributed by atoms with Crippen LogP contribution in [-0.4, -0.2) is 18.5 Å². The quantitative estimate of drug-likeness (QED) is 0.872. The van der Waals surface area contributed by atoms with Crippen molar-refractivity contribution in [3.05, 3.63) is 42.1 Å². The number of alkyl carbamates (subject to hydrolysis) is 1. The second-order valence-electron chi connectivity index (χ2n) is 4.01. The highest BCUT2D eigenvalue weighted by Gasteiger charge is 2.37. The summed E-state index contributed by atoms with van der Waals surface area (Å²) in [6.45, 7) is 2.39. The van der Waals surface area contributed by atoms with Crippen molar-refractivity contribution in [2.45, 2.75) is 19.1 Å². The topological polar surface area (TPSA) is 47.6 Å². The predicted octanol–water partition coefficient (Wildman–Crippen LogP) is 2.52. The van der Waals surface area contributed by atoms with Gasteiger partial charge in [0.05, 0.1) is 6.61 Å². The number of hydrogen-bond acceptors (Lipinski definition) is 3. The molecule has 4 nitrogen and oxygen atoms in total. The molecule has 1 aromatic rings. The summed E-state index contributed by atoms with van der Waals surface area (Å²) in [7, 11) is 0. The molecule has 0 spiro atoms. The molecule has 1 aromatic carbocycles. The molecule has 4 heteroatoms. The van der Waals surface area contributed by atoms with Gasteiger partial charge in [-0.3, -0.25) is 5.32 Å². The molecule has 1 amide bonds. The molecular weight excluding hydrogens is 218 g/mol. The van der Waals surface area contributed by atoms with Gasteiger partial charge in [0.1, 0.15) is 0 Å². The molecule has 1 saturated heterocycles. The van der Waals surface area contributed by atoms with E-state index in [1.807, 2.05) is 30.3 Å². The number of rotatable bonds is 3. The summed E-state index contributed by atoms with van der Waals surface area (Å²) in [4.78, 5) is 11.4. The van der Waals surface area contributed by atoms with Crippen LogP contribution in [0.5, 0.6) is 0 Å². The van der Waals surface area contributed by atoms with E-state index in [1.54, 1.807) is 19.2 Å². The molecule has 0 saturated carbocycles. The average molecular weight is 233 g/mol. The summed E-state index contributed by atoms with van der Waals surface area (Å²) in [5.41, 5.74) is 1.01. The lowest BCUT2D eigenvalue weighted by Gasteiger charge is -2.36. The van der Waals surface area contributed by atoms with E-state index in [4.69, 9.17) is 9.47 Å². The van der Waals surface area contributed by atoms with Crippen LogP contribution in [0.2, 0.25) is 0 Å². The maximum atomic E-state index is 11.4. The number of hydrogen-bond donors (Lipinski definition) is 1. The van der Waals surface area contributed by atoms with Crippen LogP contribution >= 0.6 is 0 Å². The fourth-order valence-electron chi connectivity index (χ4n) is 1.47. The van der Waals surface area contributed by atoms with Gasteiger partial charge in [-0.1, -0.05) is 30.3 Å². The van der Waals surface area contributed by atoms with Crippen molar-refractivity contribution >= 4 is 12.2 Å². The molecule has 1 fully saturated rings. The number of nitrogens with one attached hydrogen (secondary N) is 1. The fourth-order valence-corrected chi connectivity index (χ4v) is 1.47. The fraction of sp³-hybridized carbons (Fsp3) is 0.308. The van der Waals surface area contributed by atoms with Gasteiger partial charge in [0.15, 0.2) is 0 Å². The lowest BCUT2D eigenvalue weighted by Crippen LogP contribution is -2.46. The Kier molecular flexibility index (Phi) is 3.44. The van der Waals surface area contributed by atoms with Crippen LogP contribution in [0.1, 0.15) is 18.9 Å². The van der Waals surface area contributed by atoms with Gasteiger partial charge in [0.2, 0.25) is 5.79 Å². The molecule has 1 atom stereocenters. The minimum Gasteiger partial charge on any atom is -0.417 e. The molecule has 0 aliphatic carbocycles. The number of benzene rings is 1. The lowest BCUT2D eigenvalue weighted by molar-refractivity contribution is -0.265. The molecule has 0 radical (unpaired) electrons. The third-order valence-electron chi connectivity index (χ3n) is 2.55. The highest BCUT2D eigenvalue weighted by molar-refractivity contribution is 5.70. The van der Waals surface area contributed by atoms with Crippen LogP contribution in [0.3, 0.4) is 0 Å². The van der Waals surface area contributed by atoms with Gasteiger partial charge < -0.3 is 9.47 Å². The Morgan fingerprint density at radius 1 is 1.47 bits per heavy atom. The molecule has 1 heterocycles. The van der Waals surface area contributed by atoms with Crippen LogP contribution < -0.4 is 5.32 Å². The first-order valence-corrected chi connectivity index (χ1v) is 5.53. The van der Waals surface area contributed by atoms with Gasteiger partial charge in [-0.25, -0.2) is 4.79 Å². The SMILES string of the molecule is CC1(OC(=O)NC=Cc2ccccc2)CCO1. The maximum absolute atomic E-state index is 11.4. The van der Waals surface area contributed by atoms with Crippen LogP contribution in [0, 0.1) is 0 Å². The summed E-state index contributed by atoms with van der Waals surface area (Å²) in [6.07, 6.45) is 3.59. The van der Waals surface area contributed by atoms with Crippen molar-refractivity contribution in [1.29, 1.82) is 0 Å². The first-order chi connectivity index (χ1) is 8.18. The van der Waals surface area contributed by atoms with E-state index in [9.17, 15) is 4.79 Å². The predicted molar refractivity (Wildman–Crippen MR) is 64.1 cm³/mol. The number of amides is 1. The van der Waals surface area contributed by atoms with E-state index >= 15 is 0 Å². The number of carbonyl (C=O) groups is 1. The molecule has 0 bridgehead atoms. The van der Waals surface area contributed by atoms with Crippen molar-refractivity contribution in [2.24, 2.45) is 0 Å². The maximum Gasteiger partial charge on any atom is 0.413 e. The second-order valence-corrected chi connectivity index (χ2v) is 4.01. The zero-order valence-electron chi connectivity index (χ0n) is 9.68. The highest BCUT2D eigenvalue weighted by Crippen LogP contribution is 2.26. The van der Waals surface area contributed by atoms with Crippen LogP contribution in [0.4, 0.5) is 4.79 Å². The number of ether oxygens (including phenoxy) is 2. The third-order valence-corrected chi connectivity index (χ3v) is 2.55. The zero-order valence-corrected chi connectivity index (χ0v) is 9.68. The summed E-state index contributed by atoms with van der Waals surface area (Å²) in [5.74, 6) is -0.745. The van der Waals surface area contributed by atoms with Crippen molar-refractivity contribution in [2.75, 3.05) is 6.61 Å². The molecule has 2 rings (SSSR count). The van der Waals surface area contributed by atoms with E-state index in [1.165, 1.54) is 0 Å². The molecule has 17 heavy (non-hydrogen) atoms. The van der Waals surface area contributed by atoms with Gasteiger partial charge in [0, 0.05) is 19.5 Å². The van der Waals surface area contributed by atoms with Crippen LogP contribution in [0.25, 0.3) is 6.08 Å². The largest absolute Gasteiger partial charge is 0.417 e. The lowest BCUT2D eigenvalue weighted by atomic mass is 10.1. The molecular formula is C13H15NO3. The molecule has 0 aromatic heterocycles. The van der Waals surface area contributed by atoms with Gasteiger partial charge >= 0.3 is 6.09 Å². The summed E-state index contributed by atoms with van der Waals surface area (Å²) >= 11 is 0. The van der Waals surface area contributed by atoms with E-state index in [0.717, 1.165) is 12.0 Å². The molecule has 1 N–H and O–H groups in total. The summed E-state index contributed by atoms with van der Waals surface area (Å²) in [6, 6.07) is 9.69. The summed E-state index contributed by atoms with van der Waals surface area (Å²) < 4.78 is 10.2. The Hall–Kier alpha value is -1.81. The van der Waals surface area contributed by atoms with Crippen LogP contribution in [0.15, 0.2) is 36.5 Å². The van der Waals surface area contributed by atoms with Crippen LogP contribution in [-0.2, 0) is 9.47 Å². The molecule has 1 aliphatic rings. The van der Waals surface area contributed by atoms with Crippen molar-refractivity contribution < 1.29 is 14.3 Å². The normalized spacial score (nSPS) is 23.1. The van der Waals surface area contributed by atoms with Crippen molar-refractivity contribution in [3.63, 3.8) is 0 Å². The van der Waals surface area contributed by atoms with E-state index in [0.29, 0.717) is 6.61 Å². The molecule has 1 unspecified atom stereocenters. The van der Waals surface area contributed by atoms with Crippen molar-refractivity contribution in [1.82, 2.24) is 5.32 Å². The standard InChI is InChI=1S/C13H15NO3/c1-13(8-10-16-13)17-12(15)14-9-7-11-5-3-2-4-6-11/h2-7,9H,8,10H2,1H3,(H,14,15). The van der Waals surface area contributed by atoms with Gasteiger partial charge in [-0.2, -0.15) is 0 Å². The van der Waals surface area contributed by atoms with E-state index < -0.39 is 11.9 Å². The smallest absolute Gasteiger partial charge is 0.413 e. The zero-order chi connectivity index (χ0) is 12.1. The Labute approximate surface area is 100 Å².